The van der Waals surface area contributed by atoms with E-state index in [-0.39, 0.29) is 0 Å². The van der Waals surface area contributed by atoms with Gasteiger partial charge in [-0.1, -0.05) is 22.0 Å². The summed E-state index contributed by atoms with van der Waals surface area (Å²) in [6, 6.07) is 6.75. The highest BCUT2D eigenvalue weighted by Gasteiger charge is 2.39. The first-order valence-electron chi connectivity index (χ1n) is 5.26. The molecule has 1 aromatic carbocycles. The Balaban J connectivity index is 1.96. The zero-order chi connectivity index (χ0) is 9.60. The topological polar surface area (TPSA) is 12.0 Å². The van der Waals surface area contributed by atoms with Crippen molar-refractivity contribution in [2.24, 2.45) is 5.41 Å². The minimum atomic E-state index is 0.559. The van der Waals surface area contributed by atoms with Gasteiger partial charge in [0.1, 0.15) is 0 Å². The molecule has 1 aromatic rings. The monoisotopic (exact) mass is 251 g/mol. The number of benzene rings is 1. The molecule has 1 saturated heterocycles. The molecule has 14 heavy (non-hydrogen) atoms. The molecule has 1 unspecified atom stereocenters. The first-order valence-corrected chi connectivity index (χ1v) is 6.05. The molecule has 1 aliphatic carbocycles. The van der Waals surface area contributed by atoms with Crippen molar-refractivity contribution in [3.63, 3.8) is 0 Å². The third kappa shape index (κ3) is 1.32. The third-order valence-corrected chi connectivity index (χ3v) is 4.12. The lowest BCUT2D eigenvalue weighted by molar-refractivity contribution is 0.345. The SMILES string of the molecule is Brc1ccc2c(c1)CC1(CCNC1)C2. The fraction of sp³-hybridized carbons (Fsp3) is 0.500. The summed E-state index contributed by atoms with van der Waals surface area (Å²) in [5.74, 6) is 0. The predicted molar refractivity (Wildman–Crippen MR) is 61.5 cm³/mol. The van der Waals surface area contributed by atoms with E-state index in [2.05, 4.69) is 39.4 Å². The minimum Gasteiger partial charge on any atom is -0.316 e. The van der Waals surface area contributed by atoms with E-state index in [0.717, 1.165) is 0 Å². The lowest BCUT2D eigenvalue weighted by atomic mass is 9.84. The highest BCUT2D eigenvalue weighted by molar-refractivity contribution is 9.10. The lowest BCUT2D eigenvalue weighted by Crippen LogP contribution is -2.24. The van der Waals surface area contributed by atoms with Crippen molar-refractivity contribution in [2.75, 3.05) is 13.1 Å². The molecule has 1 heterocycles. The van der Waals surface area contributed by atoms with Gasteiger partial charge in [0.25, 0.3) is 0 Å². The molecule has 1 fully saturated rings. The van der Waals surface area contributed by atoms with Crippen molar-refractivity contribution in [1.82, 2.24) is 5.32 Å². The molecule has 2 aliphatic rings. The lowest BCUT2D eigenvalue weighted by Gasteiger charge is -2.20. The molecule has 2 heteroatoms. The number of hydrogen-bond acceptors (Lipinski definition) is 1. The summed E-state index contributed by atoms with van der Waals surface area (Å²) in [6.45, 7) is 2.41. The van der Waals surface area contributed by atoms with Crippen molar-refractivity contribution in [1.29, 1.82) is 0 Å². The van der Waals surface area contributed by atoms with Gasteiger partial charge in [0.2, 0.25) is 0 Å². The number of fused-ring (bicyclic) bond motifs is 1. The summed E-state index contributed by atoms with van der Waals surface area (Å²) in [7, 11) is 0. The van der Waals surface area contributed by atoms with Crippen LogP contribution in [0.3, 0.4) is 0 Å². The molecule has 1 spiro atoms. The molecule has 1 N–H and O–H groups in total. The largest absolute Gasteiger partial charge is 0.316 e. The predicted octanol–water partition coefficient (Wildman–Crippen LogP) is 2.53. The van der Waals surface area contributed by atoms with E-state index in [4.69, 9.17) is 0 Å². The van der Waals surface area contributed by atoms with Crippen molar-refractivity contribution in [2.45, 2.75) is 19.3 Å². The van der Waals surface area contributed by atoms with Gasteiger partial charge in [0, 0.05) is 11.0 Å². The van der Waals surface area contributed by atoms with Crippen LogP contribution in [0.2, 0.25) is 0 Å². The Kier molecular flexibility index (Phi) is 1.96. The number of rotatable bonds is 0. The van der Waals surface area contributed by atoms with Gasteiger partial charge in [-0.05, 0) is 54.5 Å². The Bertz CT molecular complexity index is 367. The van der Waals surface area contributed by atoms with E-state index >= 15 is 0 Å². The van der Waals surface area contributed by atoms with Crippen molar-refractivity contribution in [3.8, 4) is 0 Å². The van der Waals surface area contributed by atoms with Crippen LogP contribution in [-0.4, -0.2) is 13.1 Å². The molecule has 1 aliphatic heterocycles. The summed E-state index contributed by atoms with van der Waals surface area (Å²) >= 11 is 3.55. The molecule has 0 amide bonds. The van der Waals surface area contributed by atoms with E-state index in [9.17, 15) is 0 Å². The summed E-state index contributed by atoms with van der Waals surface area (Å²) in [4.78, 5) is 0. The van der Waals surface area contributed by atoms with E-state index in [1.165, 1.54) is 36.8 Å². The van der Waals surface area contributed by atoms with Crippen LogP contribution in [0, 0.1) is 5.41 Å². The molecular formula is C12H14BrN. The molecule has 74 valence electrons. The van der Waals surface area contributed by atoms with Gasteiger partial charge in [-0.2, -0.15) is 0 Å². The average Bonchev–Trinajstić information content (AvgIpc) is 2.72. The Morgan fingerprint density at radius 3 is 2.86 bits per heavy atom. The van der Waals surface area contributed by atoms with Crippen LogP contribution in [0.25, 0.3) is 0 Å². The molecule has 0 radical (unpaired) electrons. The first-order chi connectivity index (χ1) is 6.77. The average molecular weight is 252 g/mol. The Morgan fingerprint density at radius 1 is 1.21 bits per heavy atom. The second-order valence-corrected chi connectivity index (χ2v) is 5.61. The molecule has 0 saturated carbocycles. The van der Waals surface area contributed by atoms with Crippen LogP contribution in [-0.2, 0) is 12.8 Å². The van der Waals surface area contributed by atoms with Crippen molar-refractivity contribution < 1.29 is 0 Å². The standard InChI is InChI=1S/C12H14BrN/c13-11-2-1-9-6-12(3-4-14-8-12)7-10(9)5-11/h1-2,5,14H,3-4,6-8H2. The second-order valence-electron chi connectivity index (χ2n) is 4.69. The second kappa shape index (κ2) is 3.07. The Morgan fingerprint density at radius 2 is 2.07 bits per heavy atom. The van der Waals surface area contributed by atoms with E-state index < -0.39 is 0 Å². The van der Waals surface area contributed by atoms with Gasteiger partial charge in [-0.15, -0.1) is 0 Å². The maximum absolute atomic E-state index is 3.55. The smallest absolute Gasteiger partial charge is 0.0178 e. The normalized spacial score (nSPS) is 29.8. The first kappa shape index (κ1) is 8.93. The van der Waals surface area contributed by atoms with Gasteiger partial charge in [0.05, 0.1) is 0 Å². The number of nitrogens with one attached hydrogen (secondary N) is 1. The molecule has 3 rings (SSSR count). The summed E-state index contributed by atoms with van der Waals surface area (Å²) in [5, 5.41) is 3.49. The quantitative estimate of drug-likeness (QED) is 0.748. The van der Waals surface area contributed by atoms with Crippen LogP contribution in [0.4, 0.5) is 0 Å². The third-order valence-electron chi connectivity index (χ3n) is 3.63. The highest BCUT2D eigenvalue weighted by atomic mass is 79.9. The van der Waals surface area contributed by atoms with Gasteiger partial charge in [-0.3, -0.25) is 0 Å². The van der Waals surface area contributed by atoms with E-state index in [1.54, 1.807) is 11.1 Å². The summed E-state index contributed by atoms with van der Waals surface area (Å²) < 4.78 is 1.22. The van der Waals surface area contributed by atoms with Gasteiger partial charge in [0.15, 0.2) is 0 Å². The zero-order valence-corrected chi connectivity index (χ0v) is 9.73. The maximum Gasteiger partial charge on any atom is 0.0178 e. The van der Waals surface area contributed by atoms with E-state index in [0.29, 0.717) is 5.41 Å². The zero-order valence-electron chi connectivity index (χ0n) is 8.15. The van der Waals surface area contributed by atoms with Gasteiger partial charge >= 0.3 is 0 Å². The molecule has 0 aromatic heterocycles. The minimum absolute atomic E-state index is 0.559. The summed E-state index contributed by atoms with van der Waals surface area (Å²) in [6.07, 6.45) is 3.90. The van der Waals surface area contributed by atoms with Crippen LogP contribution >= 0.6 is 15.9 Å². The highest BCUT2D eigenvalue weighted by Crippen LogP contribution is 2.41. The van der Waals surface area contributed by atoms with Gasteiger partial charge < -0.3 is 5.32 Å². The molecule has 1 atom stereocenters. The molecular weight excluding hydrogens is 238 g/mol. The van der Waals surface area contributed by atoms with Crippen molar-refractivity contribution >= 4 is 15.9 Å². The maximum atomic E-state index is 3.55. The fourth-order valence-corrected chi connectivity index (χ4v) is 3.31. The summed E-state index contributed by atoms with van der Waals surface area (Å²) in [5.41, 5.74) is 3.68. The van der Waals surface area contributed by atoms with Gasteiger partial charge in [-0.25, -0.2) is 0 Å². The Labute approximate surface area is 93.0 Å². The van der Waals surface area contributed by atoms with Crippen molar-refractivity contribution in [3.05, 3.63) is 33.8 Å². The van der Waals surface area contributed by atoms with Crippen LogP contribution in [0.1, 0.15) is 17.5 Å². The molecule has 1 nitrogen and oxygen atoms in total. The number of halogens is 1. The molecule has 0 bridgehead atoms. The van der Waals surface area contributed by atoms with Crippen LogP contribution in [0.15, 0.2) is 22.7 Å². The Hall–Kier alpha value is -0.340. The van der Waals surface area contributed by atoms with Crippen LogP contribution in [0.5, 0.6) is 0 Å². The number of hydrogen-bond donors (Lipinski definition) is 1. The van der Waals surface area contributed by atoms with Crippen LogP contribution < -0.4 is 5.32 Å². The fourth-order valence-electron chi connectivity index (χ4n) is 2.90. The van der Waals surface area contributed by atoms with E-state index in [1.807, 2.05) is 0 Å².